The first-order valence-corrected chi connectivity index (χ1v) is 5.23. The van der Waals surface area contributed by atoms with Crippen LogP contribution >= 0.6 is 0 Å². The summed E-state index contributed by atoms with van der Waals surface area (Å²) in [5.41, 5.74) is 1.51. The second-order valence-electron chi connectivity index (χ2n) is 3.71. The van der Waals surface area contributed by atoms with Crippen LogP contribution in [-0.2, 0) is 6.54 Å². The molecule has 2 aromatic rings. The van der Waals surface area contributed by atoms with Crippen molar-refractivity contribution in [2.75, 3.05) is 0 Å². The van der Waals surface area contributed by atoms with E-state index in [-0.39, 0.29) is 11.1 Å². The summed E-state index contributed by atoms with van der Waals surface area (Å²) in [4.78, 5) is 16.1. The SMILES string of the molecule is Cc1ccc(C#N)c(=O)n1Cc1ccccn1. The van der Waals surface area contributed by atoms with Crippen LogP contribution in [0.5, 0.6) is 0 Å². The van der Waals surface area contributed by atoms with Gasteiger partial charge >= 0.3 is 0 Å². The fourth-order valence-electron chi connectivity index (χ4n) is 1.61. The van der Waals surface area contributed by atoms with Gasteiger partial charge in [-0.3, -0.25) is 9.78 Å². The second kappa shape index (κ2) is 4.62. The van der Waals surface area contributed by atoms with Crippen molar-refractivity contribution in [2.24, 2.45) is 0 Å². The van der Waals surface area contributed by atoms with Gasteiger partial charge in [0.1, 0.15) is 11.6 Å². The molecule has 0 amide bonds. The molecule has 0 spiro atoms. The molecule has 2 heterocycles. The van der Waals surface area contributed by atoms with E-state index in [1.807, 2.05) is 31.2 Å². The lowest BCUT2D eigenvalue weighted by atomic mass is 10.2. The first-order chi connectivity index (χ1) is 8.22. The normalized spacial score (nSPS) is 9.88. The van der Waals surface area contributed by atoms with Gasteiger partial charge < -0.3 is 4.57 Å². The summed E-state index contributed by atoms with van der Waals surface area (Å²) >= 11 is 0. The molecule has 0 unspecified atom stereocenters. The Balaban J connectivity index is 2.47. The molecule has 2 rings (SSSR count). The van der Waals surface area contributed by atoms with Crippen LogP contribution in [0, 0.1) is 18.3 Å². The Kier molecular flexibility index (Phi) is 3.01. The van der Waals surface area contributed by atoms with Crippen molar-refractivity contribution < 1.29 is 0 Å². The van der Waals surface area contributed by atoms with Crippen LogP contribution in [0.15, 0.2) is 41.3 Å². The highest BCUT2D eigenvalue weighted by Crippen LogP contribution is 2.02. The molecule has 4 heteroatoms. The molecule has 0 radical (unpaired) electrons. The van der Waals surface area contributed by atoms with E-state index in [4.69, 9.17) is 5.26 Å². The van der Waals surface area contributed by atoms with E-state index >= 15 is 0 Å². The molecule has 0 atom stereocenters. The van der Waals surface area contributed by atoms with E-state index < -0.39 is 0 Å². The molecule has 84 valence electrons. The monoisotopic (exact) mass is 225 g/mol. The number of pyridine rings is 2. The van der Waals surface area contributed by atoms with Crippen molar-refractivity contribution in [3.63, 3.8) is 0 Å². The number of hydrogen-bond donors (Lipinski definition) is 0. The minimum absolute atomic E-state index is 0.159. The molecule has 0 aliphatic rings. The largest absolute Gasteiger partial charge is 0.306 e. The van der Waals surface area contributed by atoms with Gasteiger partial charge in [-0.2, -0.15) is 5.26 Å². The number of rotatable bonds is 2. The zero-order chi connectivity index (χ0) is 12.3. The van der Waals surface area contributed by atoms with E-state index in [0.717, 1.165) is 11.4 Å². The molecule has 0 aliphatic carbocycles. The van der Waals surface area contributed by atoms with Crippen molar-refractivity contribution in [2.45, 2.75) is 13.5 Å². The highest BCUT2D eigenvalue weighted by Gasteiger charge is 2.06. The number of hydrogen-bond acceptors (Lipinski definition) is 3. The van der Waals surface area contributed by atoms with E-state index in [1.165, 1.54) is 0 Å². The average Bonchev–Trinajstić information content (AvgIpc) is 2.36. The Morgan fingerprint density at radius 1 is 1.35 bits per heavy atom. The molecular formula is C13H11N3O. The summed E-state index contributed by atoms with van der Waals surface area (Å²) in [7, 11) is 0. The van der Waals surface area contributed by atoms with E-state index in [0.29, 0.717) is 6.54 Å². The molecular weight excluding hydrogens is 214 g/mol. The minimum atomic E-state index is -0.266. The predicted molar refractivity (Wildman–Crippen MR) is 63.5 cm³/mol. The topological polar surface area (TPSA) is 58.7 Å². The second-order valence-corrected chi connectivity index (χ2v) is 3.71. The fraction of sp³-hybridized carbons (Fsp3) is 0.154. The molecule has 0 bridgehead atoms. The average molecular weight is 225 g/mol. The van der Waals surface area contributed by atoms with Gasteiger partial charge in [0, 0.05) is 11.9 Å². The lowest BCUT2D eigenvalue weighted by Gasteiger charge is -2.09. The molecule has 0 aromatic carbocycles. The van der Waals surface area contributed by atoms with Crippen LogP contribution in [0.3, 0.4) is 0 Å². The summed E-state index contributed by atoms with van der Waals surface area (Å²) in [6.45, 7) is 2.23. The van der Waals surface area contributed by atoms with Crippen LogP contribution in [0.1, 0.15) is 17.0 Å². The lowest BCUT2D eigenvalue weighted by Crippen LogP contribution is -2.25. The maximum absolute atomic E-state index is 11.9. The van der Waals surface area contributed by atoms with Gasteiger partial charge in [0.25, 0.3) is 5.56 Å². The van der Waals surface area contributed by atoms with E-state index in [2.05, 4.69) is 4.98 Å². The van der Waals surface area contributed by atoms with Gasteiger partial charge in [-0.25, -0.2) is 0 Å². The van der Waals surface area contributed by atoms with Gasteiger partial charge in [0.05, 0.1) is 12.2 Å². The highest BCUT2D eigenvalue weighted by molar-refractivity contribution is 5.27. The Morgan fingerprint density at radius 2 is 2.18 bits per heavy atom. The molecule has 0 fully saturated rings. The fourth-order valence-corrected chi connectivity index (χ4v) is 1.61. The summed E-state index contributed by atoms with van der Waals surface area (Å²) in [5, 5.41) is 8.82. The Labute approximate surface area is 98.8 Å². The van der Waals surface area contributed by atoms with Gasteiger partial charge in [-0.1, -0.05) is 6.07 Å². The first-order valence-electron chi connectivity index (χ1n) is 5.23. The molecule has 17 heavy (non-hydrogen) atoms. The Morgan fingerprint density at radius 3 is 2.82 bits per heavy atom. The number of nitriles is 1. The van der Waals surface area contributed by atoms with Crippen LogP contribution in [0.2, 0.25) is 0 Å². The Hall–Kier alpha value is -2.41. The van der Waals surface area contributed by atoms with Crippen LogP contribution in [0.25, 0.3) is 0 Å². The molecule has 2 aromatic heterocycles. The molecule has 0 saturated carbocycles. The van der Waals surface area contributed by atoms with Crippen molar-refractivity contribution >= 4 is 0 Å². The number of aromatic nitrogens is 2. The van der Waals surface area contributed by atoms with Crippen LogP contribution in [0.4, 0.5) is 0 Å². The quantitative estimate of drug-likeness (QED) is 0.777. The van der Waals surface area contributed by atoms with Crippen LogP contribution < -0.4 is 5.56 Å². The third-order valence-electron chi connectivity index (χ3n) is 2.56. The van der Waals surface area contributed by atoms with Gasteiger partial charge in [0.15, 0.2) is 0 Å². The molecule has 4 nitrogen and oxygen atoms in total. The van der Waals surface area contributed by atoms with Crippen molar-refractivity contribution in [3.8, 4) is 6.07 Å². The van der Waals surface area contributed by atoms with Crippen molar-refractivity contribution in [3.05, 3.63) is 63.8 Å². The third-order valence-corrected chi connectivity index (χ3v) is 2.56. The molecule has 0 saturated heterocycles. The maximum Gasteiger partial charge on any atom is 0.269 e. The summed E-state index contributed by atoms with van der Waals surface area (Å²) in [6, 6.07) is 10.8. The first kappa shape index (κ1) is 11.1. The molecule has 0 aliphatic heterocycles. The highest BCUT2D eigenvalue weighted by atomic mass is 16.1. The van der Waals surface area contributed by atoms with Gasteiger partial charge in [-0.05, 0) is 31.2 Å². The third kappa shape index (κ3) is 2.23. The summed E-state index contributed by atoms with van der Waals surface area (Å²) < 4.78 is 1.56. The van der Waals surface area contributed by atoms with Gasteiger partial charge in [0.2, 0.25) is 0 Å². The van der Waals surface area contributed by atoms with E-state index in [1.54, 1.807) is 22.9 Å². The Bertz CT molecular complexity index is 623. The predicted octanol–water partition coefficient (Wildman–Crippen LogP) is 1.47. The zero-order valence-electron chi connectivity index (χ0n) is 9.42. The summed E-state index contributed by atoms with van der Waals surface area (Å²) in [5.74, 6) is 0. The number of aryl methyl sites for hydroxylation is 1. The molecule has 0 N–H and O–H groups in total. The lowest BCUT2D eigenvalue weighted by molar-refractivity contribution is 0.711. The summed E-state index contributed by atoms with van der Waals surface area (Å²) in [6.07, 6.45) is 1.68. The van der Waals surface area contributed by atoms with Crippen molar-refractivity contribution in [1.82, 2.24) is 9.55 Å². The van der Waals surface area contributed by atoms with Gasteiger partial charge in [-0.15, -0.1) is 0 Å². The maximum atomic E-state index is 11.9. The minimum Gasteiger partial charge on any atom is -0.306 e. The zero-order valence-corrected chi connectivity index (χ0v) is 9.42. The smallest absolute Gasteiger partial charge is 0.269 e. The van der Waals surface area contributed by atoms with Crippen LogP contribution in [-0.4, -0.2) is 9.55 Å². The van der Waals surface area contributed by atoms with Crippen molar-refractivity contribution in [1.29, 1.82) is 5.26 Å². The number of nitrogens with zero attached hydrogens (tertiary/aromatic N) is 3. The standard InChI is InChI=1S/C13H11N3O/c1-10-5-6-11(8-14)13(17)16(10)9-12-4-2-3-7-15-12/h2-7H,9H2,1H3. The van der Waals surface area contributed by atoms with E-state index in [9.17, 15) is 4.79 Å².